The normalized spacial score (nSPS) is 10.1. The van der Waals surface area contributed by atoms with E-state index in [1.165, 1.54) is 0 Å². The Morgan fingerprint density at radius 3 is 2.86 bits per heavy atom. The van der Waals surface area contributed by atoms with Crippen LogP contribution in [0.3, 0.4) is 0 Å². The molecule has 0 aromatic heterocycles. The molecule has 0 aliphatic rings. The van der Waals surface area contributed by atoms with Crippen LogP contribution in [-0.4, -0.2) is 12.7 Å². The van der Waals surface area contributed by atoms with Gasteiger partial charge in [-0.3, -0.25) is 0 Å². The summed E-state index contributed by atoms with van der Waals surface area (Å²) >= 11 is 3.46. The second-order valence-electron chi connectivity index (χ2n) is 2.85. The van der Waals surface area contributed by atoms with Crippen molar-refractivity contribution in [1.82, 2.24) is 0 Å². The molecule has 2 aromatic rings. The molecule has 0 fully saturated rings. The van der Waals surface area contributed by atoms with Crippen LogP contribution >= 0.6 is 15.9 Å². The summed E-state index contributed by atoms with van der Waals surface area (Å²) in [6, 6.07) is 11.6. The summed E-state index contributed by atoms with van der Waals surface area (Å²) in [6.07, 6.45) is 0. The summed E-state index contributed by atoms with van der Waals surface area (Å²) in [6.45, 7) is 0. The highest BCUT2D eigenvalue weighted by Crippen LogP contribution is 2.26. The zero-order valence-electron chi connectivity index (χ0n) is 7.27. The van der Waals surface area contributed by atoms with E-state index < -0.39 is 0 Å². The number of hydrogen-bond donors (Lipinski definition) is 1. The predicted octanol–water partition coefficient (Wildman–Crippen LogP) is 2.51. The molecule has 0 amide bonds. The first-order chi connectivity index (χ1) is 6.81. The van der Waals surface area contributed by atoms with E-state index in [-0.39, 0.29) is 0 Å². The first-order valence-corrected chi connectivity index (χ1v) is 4.91. The SMILES string of the molecule is O[B]Oc1ccc2c(Br)cccc2c1. The summed E-state index contributed by atoms with van der Waals surface area (Å²) in [4.78, 5) is 0. The van der Waals surface area contributed by atoms with Gasteiger partial charge in [-0.2, -0.15) is 0 Å². The van der Waals surface area contributed by atoms with Crippen LogP contribution in [-0.2, 0) is 0 Å². The molecule has 0 unspecified atom stereocenters. The summed E-state index contributed by atoms with van der Waals surface area (Å²) in [5, 5.41) is 10.7. The molecule has 14 heavy (non-hydrogen) atoms. The second-order valence-corrected chi connectivity index (χ2v) is 3.70. The fourth-order valence-electron chi connectivity index (χ4n) is 1.36. The minimum atomic E-state index is 0.623. The molecular weight excluding hydrogens is 243 g/mol. The fraction of sp³-hybridized carbons (Fsp3) is 0. The van der Waals surface area contributed by atoms with Crippen molar-refractivity contribution in [2.24, 2.45) is 0 Å². The fourth-order valence-corrected chi connectivity index (χ4v) is 1.87. The van der Waals surface area contributed by atoms with Crippen molar-refractivity contribution in [1.29, 1.82) is 0 Å². The molecule has 2 aromatic carbocycles. The Hall–Kier alpha value is -0.995. The van der Waals surface area contributed by atoms with Crippen LogP contribution in [0.15, 0.2) is 40.9 Å². The Labute approximate surface area is 90.9 Å². The van der Waals surface area contributed by atoms with Crippen LogP contribution in [0.2, 0.25) is 0 Å². The van der Waals surface area contributed by atoms with Gasteiger partial charge in [-0.15, -0.1) is 0 Å². The smallest absolute Gasteiger partial charge is 0.537 e. The Bertz CT molecular complexity index is 459. The van der Waals surface area contributed by atoms with Crippen molar-refractivity contribution < 1.29 is 9.68 Å². The van der Waals surface area contributed by atoms with E-state index in [1.54, 1.807) is 6.07 Å². The average Bonchev–Trinajstić information content (AvgIpc) is 2.18. The highest BCUT2D eigenvalue weighted by molar-refractivity contribution is 9.10. The largest absolute Gasteiger partial charge is 0.569 e. The van der Waals surface area contributed by atoms with Gasteiger partial charge in [0.05, 0.1) is 0 Å². The maximum atomic E-state index is 8.49. The second kappa shape index (κ2) is 4.03. The summed E-state index contributed by atoms with van der Waals surface area (Å²) in [5.74, 6) is 0.623. The van der Waals surface area contributed by atoms with Crippen molar-refractivity contribution in [3.63, 3.8) is 0 Å². The molecule has 1 N–H and O–H groups in total. The number of halogens is 1. The molecule has 0 aliphatic carbocycles. The highest BCUT2D eigenvalue weighted by Gasteiger charge is 2.00. The number of hydrogen-bond acceptors (Lipinski definition) is 2. The Morgan fingerprint density at radius 1 is 1.21 bits per heavy atom. The molecule has 1 radical (unpaired) electrons. The molecular formula is C10H7BBrO2. The molecule has 2 rings (SSSR count). The number of rotatable bonds is 2. The van der Waals surface area contributed by atoms with Crippen LogP contribution in [0.1, 0.15) is 0 Å². The molecule has 0 spiro atoms. The lowest BCUT2D eigenvalue weighted by atomic mass is 10.1. The van der Waals surface area contributed by atoms with Crippen molar-refractivity contribution in [3.8, 4) is 5.75 Å². The van der Waals surface area contributed by atoms with Crippen molar-refractivity contribution >= 4 is 34.4 Å². The Kier molecular flexibility index (Phi) is 2.75. The van der Waals surface area contributed by atoms with Gasteiger partial charge in [0, 0.05) is 4.47 Å². The third-order valence-electron chi connectivity index (χ3n) is 1.99. The lowest BCUT2D eigenvalue weighted by molar-refractivity contribution is 0.454. The van der Waals surface area contributed by atoms with Gasteiger partial charge in [0.1, 0.15) is 5.75 Å². The van der Waals surface area contributed by atoms with Gasteiger partial charge in [-0.05, 0) is 35.0 Å². The molecule has 0 aliphatic heterocycles. The molecule has 0 heterocycles. The zero-order valence-corrected chi connectivity index (χ0v) is 8.86. The van der Waals surface area contributed by atoms with Crippen LogP contribution in [0, 0.1) is 0 Å². The highest BCUT2D eigenvalue weighted by atomic mass is 79.9. The van der Waals surface area contributed by atoms with E-state index in [0.717, 1.165) is 15.2 Å². The molecule has 4 heteroatoms. The minimum Gasteiger partial charge on any atom is -0.537 e. The van der Waals surface area contributed by atoms with Crippen LogP contribution in [0.25, 0.3) is 10.8 Å². The van der Waals surface area contributed by atoms with E-state index in [1.807, 2.05) is 30.3 Å². The van der Waals surface area contributed by atoms with Gasteiger partial charge < -0.3 is 9.68 Å². The van der Waals surface area contributed by atoms with E-state index in [0.29, 0.717) is 13.4 Å². The van der Waals surface area contributed by atoms with Gasteiger partial charge in [-0.25, -0.2) is 0 Å². The quantitative estimate of drug-likeness (QED) is 0.829. The molecule has 2 nitrogen and oxygen atoms in total. The van der Waals surface area contributed by atoms with E-state index in [9.17, 15) is 0 Å². The predicted molar refractivity (Wildman–Crippen MR) is 60.2 cm³/mol. The summed E-state index contributed by atoms with van der Waals surface area (Å²) < 4.78 is 5.92. The molecule has 0 saturated heterocycles. The molecule has 0 atom stereocenters. The standard InChI is InChI=1S/C10H7BBrO2/c12-10-3-1-2-7-6-8(14-11-13)4-5-9(7)10/h1-6,13H. The third-order valence-corrected chi connectivity index (χ3v) is 2.68. The van der Waals surface area contributed by atoms with Crippen LogP contribution in [0.5, 0.6) is 5.75 Å². The van der Waals surface area contributed by atoms with Crippen molar-refractivity contribution in [2.75, 3.05) is 0 Å². The Morgan fingerprint density at radius 2 is 2.07 bits per heavy atom. The first-order valence-electron chi connectivity index (χ1n) is 4.12. The zero-order chi connectivity index (χ0) is 9.97. The topological polar surface area (TPSA) is 29.5 Å². The molecule has 0 saturated carbocycles. The summed E-state index contributed by atoms with van der Waals surface area (Å²) in [7, 11) is 0.680. The minimum absolute atomic E-state index is 0.623. The van der Waals surface area contributed by atoms with Crippen molar-refractivity contribution in [2.45, 2.75) is 0 Å². The number of fused-ring (bicyclic) bond motifs is 1. The van der Waals surface area contributed by atoms with E-state index >= 15 is 0 Å². The molecule has 0 bridgehead atoms. The average molecular weight is 250 g/mol. The van der Waals surface area contributed by atoms with Gasteiger partial charge in [0.15, 0.2) is 0 Å². The van der Waals surface area contributed by atoms with Gasteiger partial charge in [0.25, 0.3) is 0 Å². The maximum Gasteiger partial charge on any atom is 0.569 e. The summed E-state index contributed by atoms with van der Waals surface area (Å²) in [5.41, 5.74) is 0. The van der Waals surface area contributed by atoms with Crippen LogP contribution in [0.4, 0.5) is 0 Å². The maximum absolute atomic E-state index is 8.49. The number of benzene rings is 2. The van der Waals surface area contributed by atoms with Gasteiger partial charge >= 0.3 is 7.69 Å². The van der Waals surface area contributed by atoms with Gasteiger partial charge in [-0.1, -0.05) is 28.1 Å². The monoisotopic (exact) mass is 249 g/mol. The lowest BCUT2D eigenvalue weighted by Crippen LogP contribution is -1.99. The first kappa shape index (κ1) is 9.56. The van der Waals surface area contributed by atoms with E-state index in [2.05, 4.69) is 15.9 Å². The van der Waals surface area contributed by atoms with Crippen molar-refractivity contribution in [3.05, 3.63) is 40.9 Å². The Balaban J connectivity index is 2.56. The molecule has 69 valence electrons. The lowest BCUT2D eigenvalue weighted by Gasteiger charge is -2.04. The third kappa shape index (κ3) is 1.76. The van der Waals surface area contributed by atoms with E-state index in [4.69, 9.17) is 9.68 Å². The van der Waals surface area contributed by atoms with Gasteiger partial charge in [0.2, 0.25) is 0 Å². The van der Waals surface area contributed by atoms with Crippen LogP contribution < -0.4 is 4.65 Å².